The first kappa shape index (κ1) is 13.1. The molecule has 0 aliphatic heterocycles. The second-order valence-corrected chi connectivity index (χ2v) is 5.45. The normalized spacial score (nSPS) is 15.0. The van der Waals surface area contributed by atoms with Crippen LogP contribution in [0.2, 0.25) is 5.02 Å². The number of ether oxygens (including phenoxy) is 1. The highest BCUT2D eigenvalue weighted by atomic mass is 79.9. The number of rotatable bonds is 6. The van der Waals surface area contributed by atoms with Crippen LogP contribution in [0.15, 0.2) is 16.6 Å². The molecule has 94 valence electrons. The standard InChI is InChI=1S/C12H14BrClFNO/c13-9-5-10(14)11(15)6-12(9)17-4-3-16-7-8-1-2-8/h5-6,8,16H,1-4,7H2. The van der Waals surface area contributed by atoms with Gasteiger partial charge in [-0.25, -0.2) is 4.39 Å². The second-order valence-electron chi connectivity index (χ2n) is 4.19. The molecule has 0 heterocycles. The molecule has 1 aliphatic rings. The third kappa shape index (κ3) is 4.12. The van der Waals surface area contributed by atoms with Crippen molar-refractivity contribution in [2.24, 2.45) is 5.92 Å². The van der Waals surface area contributed by atoms with E-state index in [0.717, 1.165) is 19.0 Å². The van der Waals surface area contributed by atoms with E-state index in [0.29, 0.717) is 16.8 Å². The van der Waals surface area contributed by atoms with Crippen LogP contribution in [-0.4, -0.2) is 19.7 Å². The molecule has 1 aromatic rings. The largest absolute Gasteiger partial charge is 0.491 e. The highest BCUT2D eigenvalue weighted by molar-refractivity contribution is 9.10. The van der Waals surface area contributed by atoms with E-state index in [1.807, 2.05) is 0 Å². The number of nitrogens with one attached hydrogen (secondary N) is 1. The van der Waals surface area contributed by atoms with Gasteiger partial charge in [0.05, 0.1) is 9.50 Å². The third-order valence-corrected chi connectivity index (χ3v) is 3.55. The Balaban J connectivity index is 1.75. The van der Waals surface area contributed by atoms with E-state index < -0.39 is 5.82 Å². The number of hydrogen-bond acceptors (Lipinski definition) is 2. The molecule has 0 atom stereocenters. The van der Waals surface area contributed by atoms with Gasteiger partial charge in [0, 0.05) is 12.6 Å². The summed E-state index contributed by atoms with van der Waals surface area (Å²) >= 11 is 8.93. The van der Waals surface area contributed by atoms with E-state index in [9.17, 15) is 4.39 Å². The van der Waals surface area contributed by atoms with Crippen LogP contribution in [0.1, 0.15) is 12.8 Å². The van der Waals surface area contributed by atoms with Gasteiger partial charge in [-0.15, -0.1) is 0 Å². The Kier molecular flexibility index (Phi) is 4.65. The highest BCUT2D eigenvalue weighted by Gasteiger charge is 2.19. The molecule has 0 aromatic heterocycles. The van der Waals surface area contributed by atoms with E-state index in [1.54, 1.807) is 0 Å². The Morgan fingerprint density at radius 2 is 2.24 bits per heavy atom. The Morgan fingerprint density at radius 1 is 1.47 bits per heavy atom. The van der Waals surface area contributed by atoms with Gasteiger partial charge >= 0.3 is 0 Å². The van der Waals surface area contributed by atoms with Crippen LogP contribution >= 0.6 is 27.5 Å². The summed E-state index contributed by atoms with van der Waals surface area (Å²) in [6, 6.07) is 2.80. The van der Waals surface area contributed by atoms with Crippen LogP contribution in [0.5, 0.6) is 5.75 Å². The molecule has 0 amide bonds. The Bertz CT molecular complexity index is 398. The van der Waals surface area contributed by atoms with E-state index in [-0.39, 0.29) is 5.02 Å². The Morgan fingerprint density at radius 3 is 2.94 bits per heavy atom. The maximum absolute atomic E-state index is 13.2. The lowest BCUT2D eigenvalue weighted by atomic mass is 10.3. The SMILES string of the molecule is Fc1cc(OCCNCC2CC2)c(Br)cc1Cl. The van der Waals surface area contributed by atoms with Crippen molar-refractivity contribution >= 4 is 27.5 Å². The minimum atomic E-state index is -0.462. The van der Waals surface area contributed by atoms with Crippen LogP contribution < -0.4 is 10.1 Å². The molecule has 1 aromatic carbocycles. The van der Waals surface area contributed by atoms with Gasteiger partial charge in [-0.2, -0.15) is 0 Å². The zero-order chi connectivity index (χ0) is 12.3. The van der Waals surface area contributed by atoms with Crippen molar-refractivity contribution in [2.75, 3.05) is 19.7 Å². The number of halogens is 3. The number of benzene rings is 1. The summed E-state index contributed by atoms with van der Waals surface area (Å²) in [5.41, 5.74) is 0. The molecule has 1 fully saturated rings. The average Bonchev–Trinajstić information content (AvgIpc) is 3.08. The van der Waals surface area contributed by atoms with Crippen molar-refractivity contribution < 1.29 is 9.13 Å². The summed E-state index contributed by atoms with van der Waals surface area (Å²) in [5, 5.41) is 3.40. The van der Waals surface area contributed by atoms with E-state index in [2.05, 4.69) is 21.2 Å². The van der Waals surface area contributed by atoms with Crippen LogP contribution in [0.3, 0.4) is 0 Å². The van der Waals surface area contributed by atoms with Crippen molar-refractivity contribution in [1.29, 1.82) is 0 Å². The van der Waals surface area contributed by atoms with Gasteiger partial charge in [-0.05, 0) is 47.3 Å². The molecule has 2 rings (SSSR count). The monoisotopic (exact) mass is 321 g/mol. The van der Waals surface area contributed by atoms with Gasteiger partial charge in [-0.3, -0.25) is 0 Å². The van der Waals surface area contributed by atoms with Crippen molar-refractivity contribution in [2.45, 2.75) is 12.8 Å². The van der Waals surface area contributed by atoms with Gasteiger partial charge in [0.2, 0.25) is 0 Å². The molecule has 5 heteroatoms. The average molecular weight is 323 g/mol. The lowest BCUT2D eigenvalue weighted by Gasteiger charge is -2.09. The first-order valence-electron chi connectivity index (χ1n) is 5.65. The minimum Gasteiger partial charge on any atom is -0.491 e. The van der Waals surface area contributed by atoms with Gasteiger partial charge in [0.1, 0.15) is 18.2 Å². The topological polar surface area (TPSA) is 21.3 Å². The lowest BCUT2D eigenvalue weighted by Crippen LogP contribution is -2.23. The summed E-state index contributed by atoms with van der Waals surface area (Å²) < 4.78 is 19.3. The van der Waals surface area contributed by atoms with E-state index in [1.165, 1.54) is 25.0 Å². The maximum Gasteiger partial charge on any atom is 0.145 e. The van der Waals surface area contributed by atoms with Crippen molar-refractivity contribution in [3.8, 4) is 5.75 Å². The smallest absolute Gasteiger partial charge is 0.145 e. The summed E-state index contributed by atoms with van der Waals surface area (Å²) in [7, 11) is 0. The molecule has 17 heavy (non-hydrogen) atoms. The fourth-order valence-corrected chi connectivity index (χ4v) is 2.23. The van der Waals surface area contributed by atoms with Crippen LogP contribution in [-0.2, 0) is 0 Å². The number of hydrogen-bond donors (Lipinski definition) is 1. The van der Waals surface area contributed by atoms with Crippen molar-refractivity contribution in [3.63, 3.8) is 0 Å². The fraction of sp³-hybridized carbons (Fsp3) is 0.500. The van der Waals surface area contributed by atoms with E-state index >= 15 is 0 Å². The summed E-state index contributed by atoms with van der Waals surface area (Å²) in [5.74, 6) is 0.880. The first-order chi connectivity index (χ1) is 8.16. The molecular formula is C12H14BrClFNO. The molecule has 2 nitrogen and oxygen atoms in total. The van der Waals surface area contributed by atoms with Crippen LogP contribution in [0, 0.1) is 11.7 Å². The zero-order valence-corrected chi connectivity index (χ0v) is 11.7. The molecule has 0 spiro atoms. The van der Waals surface area contributed by atoms with Crippen LogP contribution in [0.4, 0.5) is 4.39 Å². The molecule has 0 bridgehead atoms. The van der Waals surface area contributed by atoms with Crippen molar-refractivity contribution in [1.82, 2.24) is 5.32 Å². The maximum atomic E-state index is 13.2. The fourth-order valence-electron chi connectivity index (χ4n) is 1.48. The van der Waals surface area contributed by atoms with Gasteiger partial charge in [0.15, 0.2) is 0 Å². The van der Waals surface area contributed by atoms with Crippen LogP contribution in [0.25, 0.3) is 0 Å². The predicted molar refractivity (Wildman–Crippen MR) is 70.2 cm³/mol. The predicted octanol–water partition coefficient (Wildman–Crippen LogP) is 3.62. The highest BCUT2D eigenvalue weighted by Crippen LogP contribution is 2.30. The van der Waals surface area contributed by atoms with E-state index in [4.69, 9.17) is 16.3 Å². The zero-order valence-electron chi connectivity index (χ0n) is 9.31. The molecule has 1 saturated carbocycles. The molecule has 0 unspecified atom stereocenters. The Labute approximate surface area is 114 Å². The minimum absolute atomic E-state index is 0.0936. The molecule has 0 saturated heterocycles. The summed E-state index contributed by atoms with van der Waals surface area (Å²) in [6.45, 7) is 2.35. The summed E-state index contributed by atoms with van der Waals surface area (Å²) in [4.78, 5) is 0. The Hall–Kier alpha value is -0.320. The summed E-state index contributed by atoms with van der Waals surface area (Å²) in [6.07, 6.45) is 2.67. The third-order valence-electron chi connectivity index (χ3n) is 2.64. The first-order valence-corrected chi connectivity index (χ1v) is 6.82. The molecule has 0 radical (unpaired) electrons. The molecular weight excluding hydrogens is 308 g/mol. The van der Waals surface area contributed by atoms with Gasteiger partial charge in [-0.1, -0.05) is 11.6 Å². The van der Waals surface area contributed by atoms with Crippen molar-refractivity contribution in [3.05, 3.63) is 27.4 Å². The molecule has 1 N–H and O–H groups in total. The van der Waals surface area contributed by atoms with Gasteiger partial charge < -0.3 is 10.1 Å². The van der Waals surface area contributed by atoms with Gasteiger partial charge in [0.25, 0.3) is 0 Å². The lowest BCUT2D eigenvalue weighted by molar-refractivity contribution is 0.310. The second kappa shape index (κ2) is 6.03. The quantitative estimate of drug-likeness (QED) is 0.638. The molecule has 1 aliphatic carbocycles.